The van der Waals surface area contributed by atoms with E-state index in [1.807, 2.05) is 0 Å². The Hall–Kier alpha value is -1.17. The molecule has 0 saturated carbocycles. The number of allylic oxidation sites excluding steroid dienone is 4. The number of carbonyl (C=O) groups excluding carboxylic acids is 1. The standard InChI is InChI=1S/C63H123NO4/c1-3-5-7-9-11-13-15-17-19-20-21-22-23-24-25-26-27-28-29-30-31-32-33-34-35-36-37-38-39-40-41-42-44-46-48-50-52-54-56-58-62(67)64-60(59-65)63(68)61(66)57-55-53-51-49-47-45-43-18-16-14-12-10-8-6-4-2/h30-31,49,51,60-61,63,65-66,68H,3-29,32-48,50,52-59H2,1-2H3,(H,64,67)/b31-30-,51-49+. The predicted octanol–water partition coefficient (Wildman–Crippen LogP) is 19.6. The third-order valence-electron chi connectivity index (χ3n) is 14.8. The Labute approximate surface area is 426 Å². The fourth-order valence-electron chi connectivity index (χ4n) is 9.99. The molecule has 0 aliphatic heterocycles. The third kappa shape index (κ3) is 52.6. The first-order valence-corrected chi connectivity index (χ1v) is 31.1. The topological polar surface area (TPSA) is 89.8 Å². The van der Waals surface area contributed by atoms with Gasteiger partial charge in [0.15, 0.2) is 0 Å². The molecule has 0 aromatic rings. The van der Waals surface area contributed by atoms with E-state index in [-0.39, 0.29) is 12.5 Å². The van der Waals surface area contributed by atoms with E-state index < -0.39 is 18.2 Å². The zero-order valence-electron chi connectivity index (χ0n) is 46.3. The van der Waals surface area contributed by atoms with Crippen LogP contribution in [0.25, 0.3) is 0 Å². The summed E-state index contributed by atoms with van der Waals surface area (Å²) in [5.41, 5.74) is 0. The van der Waals surface area contributed by atoms with Crippen molar-refractivity contribution in [3.05, 3.63) is 24.3 Å². The van der Waals surface area contributed by atoms with Gasteiger partial charge in [-0.1, -0.05) is 301 Å². The normalized spacial score (nSPS) is 13.3. The largest absolute Gasteiger partial charge is 0.394 e. The van der Waals surface area contributed by atoms with Gasteiger partial charge in [-0.05, 0) is 64.2 Å². The fourth-order valence-corrected chi connectivity index (χ4v) is 9.99. The molecule has 0 spiro atoms. The van der Waals surface area contributed by atoms with Gasteiger partial charge in [0, 0.05) is 6.42 Å². The summed E-state index contributed by atoms with van der Waals surface area (Å²) in [5, 5.41) is 33.7. The molecule has 5 nitrogen and oxygen atoms in total. The van der Waals surface area contributed by atoms with E-state index in [0.29, 0.717) is 12.8 Å². The SMILES string of the molecule is CCCCCCCCCCCC/C=C/CCCC(O)C(O)C(CO)NC(=O)CCCCCCCCCCCCCCCCCCC/C=C\CCCCCCCCCCCCCCCCCCCC. The molecule has 0 fully saturated rings. The highest BCUT2D eigenvalue weighted by atomic mass is 16.3. The lowest BCUT2D eigenvalue weighted by atomic mass is 10.0. The molecule has 0 bridgehead atoms. The molecular weight excluding hydrogens is 835 g/mol. The molecule has 404 valence electrons. The van der Waals surface area contributed by atoms with Gasteiger partial charge in [-0.15, -0.1) is 0 Å². The molecule has 0 saturated heterocycles. The van der Waals surface area contributed by atoms with Crippen LogP contribution in [-0.2, 0) is 4.79 Å². The Morgan fingerprint density at radius 1 is 0.353 bits per heavy atom. The Balaban J connectivity index is 3.44. The molecule has 0 radical (unpaired) electrons. The summed E-state index contributed by atoms with van der Waals surface area (Å²) < 4.78 is 0. The van der Waals surface area contributed by atoms with Gasteiger partial charge in [0.25, 0.3) is 0 Å². The molecule has 0 rings (SSSR count). The Morgan fingerprint density at radius 3 is 0.853 bits per heavy atom. The minimum atomic E-state index is -1.16. The molecule has 5 heteroatoms. The molecule has 0 aromatic carbocycles. The number of rotatable bonds is 58. The molecule has 0 heterocycles. The van der Waals surface area contributed by atoms with Crippen molar-refractivity contribution in [3.8, 4) is 0 Å². The molecule has 3 unspecified atom stereocenters. The van der Waals surface area contributed by atoms with Crippen LogP contribution in [0.3, 0.4) is 0 Å². The summed E-state index contributed by atoms with van der Waals surface area (Å²) in [6.07, 6.45) is 75.2. The van der Waals surface area contributed by atoms with Gasteiger partial charge in [-0.3, -0.25) is 4.79 Å². The van der Waals surface area contributed by atoms with Crippen LogP contribution in [-0.4, -0.2) is 46.1 Å². The second-order valence-electron chi connectivity index (χ2n) is 21.6. The van der Waals surface area contributed by atoms with Crippen LogP contribution in [0.1, 0.15) is 348 Å². The molecule has 0 aromatic heterocycles. The number of amides is 1. The molecule has 1 amide bonds. The summed E-state index contributed by atoms with van der Waals surface area (Å²) in [5.74, 6) is -0.149. The fraction of sp³-hybridized carbons (Fsp3) is 0.921. The van der Waals surface area contributed by atoms with Crippen molar-refractivity contribution >= 4 is 5.91 Å². The van der Waals surface area contributed by atoms with Crippen LogP contribution >= 0.6 is 0 Å². The highest BCUT2D eigenvalue weighted by molar-refractivity contribution is 5.76. The van der Waals surface area contributed by atoms with Gasteiger partial charge in [-0.2, -0.15) is 0 Å². The molecule has 4 N–H and O–H groups in total. The zero-order valence-corrected chi connectivity index (χ0v) is 46.3. The van der Waals surface area contributed by atoms with Crippen LogP contribution in [0.4, 0.5) is 0 Å². The molecular formula is C63H123NO4. The smallest absolute Gasteiger partial charge is 0.220 e. The minimum Gasteiger partial charge on any atom is -0.394 e. The van der Waals surface area contributed by atoms with Crippen LogP contribution in [0.15, 0.2) is 24.3 Å². The van der Waals surface area contributed by atoms with Gasteiger partial charge < -0.3 is 20.6 Å². The van der Waals surface area contributed by atoms with E-state index >= 15 is 0 Å². The lowest BCUT2D eigenvalue weighted by Gasteiger charge is -2.26. The summed E-state index contributed by atoms with van der Waals surface area (Å²) in [6.45, 7) is 4.20. The Morgan fingerprint density at radius 2 is 0.588 bits per heavy atom. The summed E-state index contributed by atoms with van der Waals surface area (Å²) >= 11 is 0. The van der Waals surface area contributed by atoms with E-state index in [2.05, 4.69) is 43.5 Å². The number of nitrogens with one attached hydrogen (secondary N) is 1. The van der Waals surface area contributed by atoms with Crippen molar-refractivity contribution in [1.82, 2.24) is 5.32 Å². The number of aliphatic hydroxyl groups excluding tert-OH is 3. The van der Waals surface area contributed by atoms with E-state index in [1.54, 1.807) is 0 Å². The minimum absolute atomic E-state index is 0.149. The molecule has 68 heavy (non-hydrogen) atoms. The maximum atomic E-state index is 12.5. The van der Waals surface area contributed by atoms with Crippen LogP contribution in [0.2, 0.25) is 0 Å². The average Bonchev–Trinajstić information content (AvgIpc) is 3.34. The van der Waals surface area contributed by atoms with Crippen molar-refractivity contribution in [2.75, 3.05) is 6.61 Å². The first kappa shape index (κ1) is 66.8. The highest BCUT2D eigenvalue weighted by Gasteiger charge is 2.26. The van der Waals surface area contributed by atoms with Gasteiger partial charge in [0.2, 0.25) is 5.91 Å². The summed E-state index contributed by atoms with van der Waals surface area (Å²) in [7, 11) is 0. The Kier molecular flexibility index (Phi) is 57.4. The van der Waals surface area contributed by atoms with Crippen molar-refractivity contribution in [2.45, 2.75) is 366 Å². The van der Waals surface area contributed by atoms with Crippen LogP contribution in [0, 0.1) is 0 Å². The van der Waals surface area contributed by atoms with Crippen molar-refractivity contribution in [1.29, 1.82) is 0 Å². The van der Waals surface area contributed by atoms with Gasteiger partial charge in [0.05, 0.1) is 18.8 Å². The zero-order chi connectivity index (χ0) is 49.3. The average molecular weight is 959 g/mol. The number of hydrogen-bond donors (Lipinski definition) is 4. The van der Waals surface area contributed by atoms with Crippen molar-refractivity contribution in [3.63, 3.8) is 0 Å². The lowest BCUT2D eigenvalue weighted by molar-refractivity contribution is -0.124. The van der Waals surface area contributed by atoms with E-state index in [4.69, 9.17) is 0 Å². The molecule has 3 atom stereocenters. The van der Waals surface area contributed by atoms with E-state index in [0.717, 1.165) is 38.5 Å². The molecule has 0 aliphatic rings. The van der Waals surface area contributed by atoms with Gasteiger partial charge in [0.1, 0.15) is 6.10 Å². The summed E-state index contributed by atoms with van der Waals surface area (Å²) in [6, 6.07) is -0.824. The summed E-state index contributed by atoms with van der Waals surface area (Å²) in [4.78, 5) is 12.5. The first-order chi connectivity index (χ1) is 33.6. The lowest BCUT2D eigenvalue weighted by Crippen LogP contribution is -2.50. The van der Waals surface area contributed by atoms with Gasteiger partial charge in [-0.25, -0.2) is 0 Å². The Bertz CT molecular complexity index is 1010. The number of hydrogen-bond acceptors (Lipinski definition) is 4. The van der Waals surface area contributed by atoms with Crippen LogP contribution < -0.4 is 5.32 Å². The highest BCUT2D eigenvalue weighted by Crippen LogP contribution is 2.18. The number of aliphatic hydroxyl groups is 3. The van der Waals surface area contributed by atoms with Crippen molar-refractivity contribution < 1.29 is 20.1 Å². The predicted molar refractivity (Wildman–Crippen MR) is 301 cm³/mol. The van der Waals surface area contributed by atoms with Gasteiger partial charge >= 0.3 is 0 Å². The van der Waals surface area contributed by atoms with E-state index in [1.165, 1.54) is 283 Å². The van der Waals surface area contributed by atoms with Crippen molar-refractivity contribution in [2.24, 2.45) is 0 Å². The molecule has 0 aliphatic carbocycles. The monoisotopic (exact) mass is 958 g/mol. The quantitative estimate of drug-likeness (QED) is 0.0361. The number of unbranched alkanes of at least 4 members (excludes halogenated alkanes) is 46. The van der Waals surface area contributed by atoms with E-state index in [9.17, 15) is 20.1 Å². The van der Waals surface area contributed by atoms with Crippen LogP contribution in [0.5, 0.6) is 0 Å². The third-order valence-corrected chi connectivity index (χ3v) is 14.8. The first-order valence-electron chi connectivity index (χ1n) is 31.1. The second-order valence-corrected chi connectivity index (χ2v) is 21.6. The maximum absolute atomic E-state index is 12.5. The number of carbonyl (C=O) groups is 1. The second kappa shape index (κ2) is 58.4. The maximum Gasteiger partial charge on any atom is 0.220 e.